The van der Waals surface area contributed by atoms with Gasteiger partial charge in [0.25, 0.3) is 5.91 Å². The van der Waals surface area contributed by atoms with Crippen molar-refractivity contribution in [2.24, 2.45) is 0 Å². The van der Waals surface area contributed by atoms with Crippen LogP contribution in [0.25, 0.3) is 0 Å². The lowest BCUT2D eigenvalue weighted by Crippen LogP contribution is -2.23. The zero-order valence-electron chi connectivity index (χ0n) is 9.40. The summed E-state index contributed by atoms with van der Waals surface area (Å²) in [7, 11) is 3.34. The number of carbonyl (C=O) groups excluding carboxylic acids is 1. The smallest absolute Gasteiger partial charge is 0.291 e. The third-order valence-electron chi connectivity index (χ3n) is 1.38. The van der Waals surface area contributed by atoms with Crippen LogP contribution in [0.15, 0.2) is 12.4 Å². The maximum absolute atomic E-state index is 11.3. The fraction of sp³-hybridized carbons (Fsp3) is 0.500. The molecule has 1 aromatic heterocycles. The lowest BCUT2D eigenvalue weighted by atomic mass is 10.4. The van der Waals surface area contributed by atoms with Crippen LogP contribution in [0.2, 0.25) is 0 Å². The number of hydrogen-bond acceptors (Lipinski definition) is 3. The molecule has 1 amide bonds. The second-order valence-electron chi connectivity index (χ2n) is 2.78. The van der Waals surface area contributed by atoms with E-state index in [1.165, 1.54) is 4.90 Å². The summed E-state index contributed by atoms with van der Waals surface area (Å²) in [6.07, 6.45) is 3.26. The van der Waals surface area contributed by atoms with Crippen LogP contribution >= 0.6 is 0 Å². The summed E-state index contributed by atoms with van der Waals surface area (Å²) < 4.78 is 0. The molecule has 0 aliphatic heterocycles. The Labute approximate surface area is 85.0 Å². The van der Waals surface area contributed by atoms with Crippen molar-refractivity contribution in [3.8, 4) is 0 Å². The molecule has 0 unspecified atom stereocenters. The predicted molar refractivity (Wildman–Crippen MR) is 56.1 cm³/mol. The summed E-state index contributed by atoms with van der Waals surface area (Å²) in [4.78, 5) is 20.5. The highest BCUT2D eigenvalue weighted by molar-refractivity contribution is 5.89. The van der Waals surface area contributed by atoms with E-state index in [9.17, 15) is 4.79 Å². The molecular weight excluding hydrogens is 178 g/mol. The Kier molecular flexibility index (Phi) is 5.44. The van der Waals surface area contributed by atoms with Crippen LogP contribution in [0.3, 0.4) is 0 Å². The van der Waals surface area contributed by atoms with Gasteiger partial charge in [-0.2, -0.15) is 0 Å². The van der Waals surface area contributed by atoms with Crippen molar-refractivity contribution < 1.29 is 4.79 Å². The number of aromatic nitrogens is 2. The zero-order chi connectivity index (χ0) is 11.1. The summed E-state index contributed by atoms with van der Waals surface area (Å²) in [5.41, 5.74) is 0.949. The van der Waals surface area contributed by atoms with Gasteiger partial charge in [-0.15, -0.1) is 0 Å². The average molecular weight is 195 g/mol. The fourth-order valence-electron chi connectivity index (χ4n) is 0.703. The molecule has 1 aromatic rings. The van der Waals surface area contributed by atoms with Gasteiger partial charge in [0.15, 0.2) is 0 Å². The maximum atomic E-state index is 11.3. The molecule has 0 aromatic carbocycles. The third-order valence-corrected chi connectivity index (χ3v) is 1.38. The average Bonchev–Trinajstić information content (AvgIpc) is 2.21. The molecule has 0 saturated carbocycles. The SMILES string of the molecule is CC.Cc1cnc(C(=O)N(C)C)nc1. The molecule has 0 radical (unpaired) electrons. The Hall–Kier alpha value is -1.45. The molecule has 0 fully saturated rings. The molecule has 78 valence electrons. The van der Waals surface area contributed by atoms with Crippen molar-refractivity contribution in [1.82, 2.24) is 14.9 Å². The van der Waals surface area contributed by atoms with Crippen molar-refractivity contribution in [3.05, 3.63) is 23.8 Å². The van der Waals surface area contributed by atoms with Crippen LogP contribution in [0, 0.1) is 6.92 Å². The quantitative estimate of drug-likeness (QED) is 0.682. The standard InChI is InChI=1S/C8H11N3O.C2H6/c1-6-4-9-7(10-5-6)8(12)11(2)3;1-2/h4-5H,1-3H3;1-2H3. The Morgan fingerprint density at radius 1 is 1.21 bits per heavy atom. The van der Waals surface area contributed by atoms with E-state index in [-0.39, 0.29) is 11.7 Å². The van der Waals surface area contributed by atoms with Gasteiger partial charge in [0.1, 0.15) is 0 Å². The van der Waals surface area contributed by atoms with Crippen LogP contribution in [-0.2, 0) is 0 Å². The molecule has 0 saturated heterocycles. The number of hydrogen-bond donors (Lipinski definition) is 0. The number of amides is 1. The second-order valence-corrected chi connectivity index (χ2v) is 2.78. The monoisotopic (exact) mass is 195 g/mol. The molecule has 0 N–H and O–H groups in total. The third kappa shape index (κ3) is 3.51. The first-order valence-corrected chi connectivity index (χ1v) is 4.61. The summed E-state index contributed by atoms with van der Waals surface area (Å²) in [5, 5.41) is 0. The topological polar surface area (TPSA) is 46.1 Å². The van der Waals surface area contributed by atoms with Crippen molar-refractivity contribution in [3.63, 3.8) is 0 Å². The van der Waals surface area contributed by atoms with E-state index < -0.39 is 0 Å². The lowest BCUT2D eigenvalue weighted by molar-refractivity contribution is 0.0815. The van der Waals surface area contributed by atoms with Crippen LogP contribution in [0.5, 0.6) is 0 Å². The van der Waals surface area contributed by atoms with Crippen LogP contribution in [0.1, 0.15) is 30.0 Å². The Morgan fingerprint density at radius 2 is 1.64 bits per heavy atom. The van der Waals surface area contributed by atoms with Crippen LogP contribution < -0.4 is 0 Å². The van der Waals surface area contributed by atoms with Crippen molar-refractivity contribution in [2.75, 3.05) is 14.1 Å². The first-order chi connectivity index (χ1) is 6.61. The number of rotatable bonds is 1. The van der Waals surface area contributed by atoms with Crippen LogP contribution in [0.4, 0.5) is 0 Å². The molecule has 1 heterocycles. The van der Waals surface area contributed by atoms with Crippen molar-refractivity contribution in [2.45, 2.75) is 20.8 Å². The molecule has 0 spiro atoms. The first-order valence-electron chi connectivity index (χ1n) is 4.61. The summed E-state index contributed by atoms with van der Waals surface area (Å²) >= 11 is 0. The van der Waals surface area contributed by atoms with Crippen LogP contribution in [-0.4, -0.2) is 34.9 Å². The molecule has 1 rings (SSSR count). The maximum Gasteiger partial charge on any atom is 0.291 e. The molecular formula is C10H17N3O. The van der Waals surface area contributed by atoms with Gasteiger partial charge in [0, 0.05) is 26.5 Å². The van der Waals surface area contributed by atoms with E-state index >= 15 is 0 Å². The highest BCUT2D eigenvalue weighted by Gasteiger charge is 2.09. The van der Waals surface area contributed by atoms with E-state index in [4.69, 9.17) is 0 Å². The molecule has 0 bridgehead atoms. The van der Waals surface area contributed by atoms with Gasteiger partial charge >= 0.3 is 0 Å². The molecule has 4 heteroatoms. The Morgan fingerprint density at radius 3 is 2.00 bits per heavy atom. The number of carbonyl (C=O) groups is 1. The zero-order valence-corrected chi connectivity index (χ0v) is 9.40. The van der Waals surface area contributed by atoms with Gasteiger partial charge in [-0.05, 0) is 12.5 Å². The molecule has 14 heavy (non-hydrogen) atoms. The molecule has 0 atom stereocenters. The highest BCUT2D eigenvalue weighted by atomic mass is 16.2. The van der Waals surface area contributed by atoms with Gasteiger partial charge in [0.2, 0.25) is 5.82 Å². The van der Waals surface area contributed by atoms with Gasteiger partial charge in [0.05, 0.1) is 0 Å². The van der Waals surface area contributed by atoms with E-state index in [1.807, 2.05) is 20.8 Å². The first kappa shape index (κ1) is 12.6. The van der Waals surface area contributed by atoms with Crippen molar-refractivity contribution in [1.29, 1.82) is 0 Å². The van der Waals surface area contributed by atoms with Gasteiger partial charge in [-0.3, -0.25) is 4.79 Å². The minimum atomic E-state index is -0.171. The Bertz CT molecular complexity index is 280. The van der Waals surface area contributed by atoms with E-state index in [2.05, 4.69) is 9.97 Å². The fourth-order valence-corrected chi connectivity index (χ4v) is 0.703. The Balaban J connectivity index is 0.000000791. The second kappa shape index (κ2) is 6.07. The van der Waals surface area contributed by atoms with E-state index in [0.29, 0.717) is 0 Å². The number of nitrogens with zero attached hydrogens (tertiary/aromatic N) is 3. The minimum Gasteiger partial charge on any atom is -0.342 e. The van der Waals surface area contributed by atoms with Gasteiger partial charge in [-0.1, -0.05) is 13.8 Å². The number of aryl methyl sites for hydroxylation is 1. The molecule has 0 aliphatic carbocycles. The highest BCUT2D eigenvalue weighted by Crippen LogP contribution is 1.95. The molecule has 4 nitrogen and oxygen atoms in total. The lowest BCUT2D eigenvalue weighted by Gasteiger charge is -2.07. The van der Waals surface area contributed by atoms with E-state index in [0.717, 1.165) is 5.56 Å². The molecule has 0 aliphatic rings. The van der Waals surface area contributed by atoms with Gasteiger partial charge < -0.3 is 4.90 Å². The normalized spacial score (nSPS) is 8.64. The summed E-state index contributed by atoms with van der Waals surface area (Å²) in [5.74, 6) is 0.0700. The summed E-state index contributed by atoms with van der Waals surface area (Å²) in [6.45, 7) is 5.88. The minimum absolute atomic E-state index is 0.171. The summed E-state index contributed by atoms with van der Waals surface area (Å²) in [6, 6.07) is 0. The van der Waals surface area contributed by atoms with Crippen molar-refractivity contribution >= 4 is 5.91 Å². The largest absolute Gasteiger partial charge is 0.342 e. The predicted octanol–water partition coefficient (Wildman–Crippen LogP) is 1.51. The van der Waals surface area contributed by atoms with Gasteiger partial charge in [-0.25, -0.2) is 9.97 Å². The van der Waals surface area contributed by atoms with E-state index in [1.54, 1.807) is 26.5 Å².